The first-order valence-electron chi connectivity index (χ1n) is 10.5. The molecular weight excluding hydrogens is 358 g/mol. The maximum absolute atomic E-state index is 12.6. The number of carbonyl (C=O) groups excluding carboxylic acids is 3. The van der Waals surface area contributed by atoms with Crippen molar-refractivity contribution < 1.29 is 14.4 Å². The zero-order chi connectivity index (χ0) is 20.5. The Hall–Kier alpha value is -2.12. The van der Waals surface area contributed by atoms with Gasteiger partial charge in [0.1, 0.15) is 6.04 Å². The van der Waals surface area contributed by atoms with Crippen LogP contribution in [0.5, 0.6) is 0 Å². The third kappa shape index (κ3) is 7.86. The maximum Gasteiger partial charge on any atom is 0.250 e. The van der Waals surface area contributed by atoms with Crippen molar-refractivity contribution in [2.75, 3.05) is 6.54 Å². The van der Waals surface area contributed by atoms with Crippen molar-refractivity contribution in [3.63, 3.8) is 0 Å². The predicted octanol–water partition coefficient (Wildman–Crippen LogP) is 1.20. The van der Waals surface area contributed by atoms with Gasteiger partial charge in [-0.15, -0.1) is 0 Å². The standard InChI is InChI=1S/C20H35N5O3/c1-13(2)12-22-19(28)16(10-14-6-4-3-5-7-14)24-20(21)25-18(27)11-15-8-9-17(26)23-15/h13-16H,3-12H2,1-2H3,(H,22,28)(H,23,26)(H3,21,24,25,27)/t15-,16?/m0/s1. The van der Waals surface area contributed by atoms with Gasteiger partial charge < -0.3 is 21.7 Å². The fourth-order valence-electron chi connectivity index (χ4n) is 3.85. The highest BCUT2D eigenvalue weighted by atomic mass is 16.2. The molecule has 28 heavy (non-hydrogen) atoms. The first-order valence-corrected chi connectivity index (χ1v) is 10.5. The van der Waals surface area contributed by atoms with Crippen molar-refractivity contribution in [2.45, 2.75) is 83.7 Å². The number of guanidine groups is 1. The van der Waals surface area contributed by atoms with Crippen LogP contribution >= 0.6 is 0 Å². The summed E-state index contributed by atoms with van der Waals surface area (Å²) in [7, 11) is 0. The van der Waals surface area contributed by atoms with Crippen LogP contribution in [-0.4, -0.2) is 42.3 Å². The highest BCUT2D eigenvalue weighted by molar-refractivity contribution is 5.95. The highest BCUT2D eigenvalue weighted by Crippen LogP contribution is 2.27. The first kappa shape index (κ1) is 22.2. The van der Waals surface area contributed by atoms with Crippen LogP contribution in [0.15, 0.2) is 4.99 Å². The summed E-state index contributed by atoms with van der Waals surface area (Å²) < 4.78 is 0. The van der Waals surface area contributed by atoms with Crippen molar-refractivity contribution in [2.24, 2.45) is 22.6 Å². The van der Waals surface area contributed by atoms with E-state index in [0.717, 1.165) is 12.8 Å². The fourth-order valence-corrected chi connectivity index (χ4v) is 3.85. The molecule has 1 saturated carbocycles. The molecule has 3 amide bonds. The van der Waals surface area contributed by atoms with E-state index in [4.69, 9.17) is 5.73 Å². The fraction of sp³-hybridized carbons (Fsp3) is 0.800. The van der Waals surface area contributed by atoms with Gasteiger partial charge in [0.15, 0.2) is 5.96 Å². The number of nitrogens with two attached hydrogens (primary N) is 1. The van der Waals surface area contributed by atoms with Crippen LogP contribution in [0.2, 0.25) is 0 Å². The number of rotatable bonds is 8. The van der Waals surface area contributed by atoms with Crippen molar-refractivity contribution in [1.82, 2.24) is 16.0 Å². The van der Waals surface area contributed by atoms with Gasteiger partial charge in [-0.2, -0.15) is 4.99 Å². The van der Waals surface area contributed by atoms with Gasteiger partial charge >= 0.3 is 0 Å². The topological polar surface area (TPSA) is 126 Å². The van der Waals surface area contributed by atoms with E-state index in [1.165, 1.54) is 19.3 Å². The third-order valence-electron chi connectivity index (χ3n) is 5.37. The summed E-state index contributed by atoms with van der Waals surface area (Å²) in [6.07, 6.45) is 7.77. The number of carbonyl (C=O) groups is 3. The van der Waals surface area contributed by atoms with Crippen molar-refractivity contribution in [3.8, 4) is 0 Å². The zero-order valence-corrected chi connectivity index (χ0v) is 17.1. The summed E-state index contributed by atoms with van der Waals surface area (Å²) in [4.78, 5) is 39.9. The molecule has 0 aromatic heterocycles. The smallest absolute Gasteiger partial charge is 0.250 e. The van der Waals surface area contributed by atoms with Gasteiger partial charge in [0.2, 0.25) is 11.8 Å². The number of amides is 3. The van der Waals surface area contributed by atoms with Crippen LogP contribution < -0.4 is 21.7 Å². The highest BCUT2D eigenvalue weighted by Gasteiger charge is 2.26. The Bertz CT molecular complexity index is 584. The minimum atomic E-state index is -0.496. The average Bonchev–Trinajstić information content (AvgIpc) is 3.04. The van der Waals surface area contributed by atoms with Crippen LogP contribution in [0.3, 0.4) is 0 Å². The zero-order valence-electron chi connectivity index (χ0n) is 17.1. The summed E-state index contributed by atoms with van der Waals surface area (Å²) in [6.45, 7) is 4.68. The van der Waals surface area contributed by atoms with Gasteiger partial charge in [-0.3, -0.25) is 14.4 Å². The molecule has 158 valence electrons. The second-order valence-corrected chi connectivity index (χ2v) is 8.47. The molecule has 0 spiro atoms. The molecule has 2 rings (SSSR count). The average molecular weight is 394 g/mol. The van der Waals surface area contributed by atoms with E-state index >= 15 is 0 Å². The van der Waals surface area contributed by atoms with E-state index < -0.39 is 11.9 Å². The van der Waals surface area contributed by atoms with Gasteiger partial charge in [-0.05, 0) is 24.7 Å². The number of hydrogen-bond donors (Lipinski definition) is 4. The molecule has 2 atom stereocenters. The second kappa shape index (κ2) is 11.0. The molecule has 0 bridgehead atoms. The van der Waals surface area contributed by atoms with Crippen LogP contribution in [0.4, 0.5) is 0 Å². The molecule has 2 fully saturated rings. The number of nitrogens with one attached hydrogen (secondary N) is 3. The lowest BCUT2D eigenvalue weighted by atomic mass is 9.84. The van der Waals surface area contributed by atoms with E-state index in [-0.39, 0.29) is 30.2 Å². The van der Waals surface area contributed by atoms with Crippen LogP contribution in [0.1, 0.15) is 71.6 Å². The maximum atomic E-state index is 12.6. The normalized spacial score (nSPS) is 22.0. The van der Waals surface area contributed by atoms with Gasteiger partial charge in [0.05, 0.1) is 0 Å². The van der Waals surface area contributed by atoms with Gasteiger partial charge in [-0.1, -0.05) is 46.0 Å². The minimum Gasteiger partial charge on any atom is -0.370 e. The van der Waals surface area contributed by atoms with Crippen LogP contribution in [0, 0.1) is 11.8 Å². The lowest BCUT2D eigenvalue weighted by molar-refractivity contribution is -0.123. The Kier molecular flexibility index (Phi) is 8.73. The summed E-state index contributed by atoms with van der Waals surface area (Å²) in [5.74, 6) is 0.267. The number of hydrogen-bond acceptors (Lipinski definition) is 3. The quantitative estimate of drug-likeness (QED) is 0.364. The second-order valence-electron chi connectivity index (χ2n) is 8.47. The minimum absolute atomic E-state index is 0.0326. The van der Waals surface area contributed by atoms with Gasteiger partial charge in [0, 0.05) is 25.4 Å². The molecule has 1 unspecified atom stereocenters. The molecule has 1 aliphatic heterocycles. The molecular formula is C20H35N5O3. The Labute approximate surface area is 167 Å². The van der Waals surface area contributed by atoms with E-state index in [1.54, 1.807) is 0 Å². The summed E-state index contributed by atoms with van der Waals surface area (Å²) in [6, 6.07) is -0.673. The van der Waals surface area contributed by atoms with Crippen LogP contribution in [-0.2, 0) is 14.4 Å². The Balaban J connectivity index is 1.92. The number of nitrogens with zero attached hydrogens (tertiary/aromatic N) is 1. The predicted molar refractivity (Wildman–Crippen MR) is 108 cm³/mol. The third-order valence-corrected chi connectivity index (χ3v) is 5.37. The molecule has 5 N–H and O–H groups in total. The Morgan fingerprint density at radius 2 is 1.93 bits per heavy atom. The van der Waals surface area contributed by atoms with E-state index in [2.05, 4.69) is 20.9 Å². The van der Waals surface area contributed by atoms with E-state index in [0.29, 0.717) is 37.6 Å². The summed E-state index contributed by atoms with van der Waals surface area (Å²) in [5.41, 5.74) is 5.93. The Morgan fingerprint density at radius 3 is 2.54 bits per heavy atom. The summed E-state index contributed by atoms with van der Waals surface area (Å²) >= 11 is 0. The van der Waals surface area contributed by atoms with Gasteiger partial charge in [-0.25, -0.2) is 0 Å². The lowest BCUT2D eigenvalue weighted by Gasteiger charge is -2.27. The van der Waals surface area contributed by atoms with Gasteiger partial charge in [0.25, 0.3) is 5.91 Å². The number of aliphatic imine (C=N–C) groups is 1. The molecule has 0 aromatic carbocycles. The molecule has 8 nitrogen and oxygen atoms in total. The van der Waals surface area contributed by atoms with E-state index in [9.17, 15) is 14.4 Å². The Morgan fingerprint density at radius 1 is 1.21 bits per heavy atom. The monoisotopic (exact) mass is 393 g/mol. The molecule has 0 aromatic rings. The molecule has 2 aliphatic rings. The largest absolute Gasteiger partial charge is 0.370 e. The first-order chi connectivity index (χ1) is 13.3. The molecule has 8 heteroatoms. The van der Waals surface area contributed by atoms with Crippen molar-refractivity contribution in [1.29, 1.82) is 0 Å². The van der Waals surface area contributed by atoms with E-state index in [1.807, 2.05) is 13.8 Å². The molecule has 1 heterocycles. The SMILES string of the molecule is CC(C)CNC(=O)C(CC1CCCCC1)NC(N)=NC(=O)C[C@@H]1CCC(=O)N1. The van der Waals surface area contributed by atoms with Crippen molar-refractivity contribution >= 4 is 23.7 Å². The molecule has 0 radical (unpaired) electrons. The van der Waals surface area contributed by atoms with Crippen molar-refractivity contribution in [3.05, 3.63) is 0 Å². The molecule has 1 aliphatic carbocycles. The van der Waals surface area contributed by atoms with Crippen LogP contribution in [0.25, 0.3) is 0 Å². The molecule has 1 saturated heterocycles. The lowest BCUT2D eigenvalue weighted by Crippen LogP contribution is -2.51. The summed E-state index contributed by atoms with van der Waals surface area (Å²) in [5, 5.41) is 8.65.